The molecule has 0 spiro atoms. The summed E-state index contributed by atoms with van der Waals surface area (Å²) in [5.74, 6) is 2.08. The van der Waals surface area contributed by atoms with Crippen LogP contribution in [0.5, 0.6) is 0 Å². The number of allylic oxidation sites excluding steroid dienone is 2. The van der Waals surface area contributed by atoms with Gasteiger partial charge >= 0.3 is 7.12 Å². The Morgan fingerprint density at radius 2 is 1.83 bits per heavy atom. The lowest BCUT2D eigenvalue weighted by atomic mass is 9.69. The summed E-state index contributed by atoms with van der Waals surface area (Å²) in [5, 5.41) is 18.3. The topological polar surface area (TPSA) is 40.5 Å². The van der Waals surface area contributed by atoms with Gasteiger partial charge in [-0.2, -0.15) is 0 Å². The standard InChI is InChI=1S/C15H19BO2/c1-10-8-11-2-3-13(9-11)15(10)12-4-6-14(7-5-12)16(17)18/h2,4-7,10,13,15,17-18H,3,8-9H2,1H3. The molecule has 94 valence electrons. The average molecular weight is 242 g/mol. The smallest absolute Gasteiger partial charge is 0.423 e. The second-order valence-electron chi connectivity index (χ2n) is 5.81. The highest BCUT2D eigenvalue weighted by molar-refractivity contribution is 6.58. The molecule has 1 aromatic carbocycles. The van der Waals surface area contributed by atoms with Crippen molar-refractivity contribution in [3.63, 3.8) is 0 Å². The summed E-state index contributed by atoms with van der Waals surface area (Å²) in [6, 6.07) is 7.81. The molecule has 2 aliphatic carbocycles. The molecule has 1 saturated carbocycles. The SMILES string of the molecule is CC1CC2=CCC(C2)C1c1ccc(B(O)O)cc1. The van der Waals surface area contributed by atoms with Gasteiger partial charge in [0, 0.05) is 0 Å². The van der Waals surface area contributed by atoms with Crippen molar-refractivity contribution < 1.29 is 10.0 Å². The van der Waals surface area contributed by atoms with Crippen LogP contribution in [0.3, 0.4) is 0 Å². The highest BCUT2D eigenvalue weighted by Gasteiger charge is 2.36. The van der Waals surface area contributed by atoms with Crippen LogP contribution in [0, 0.1) is 11.8 Å². The van der Waals surface area contributed by atoms with Crippen LogP contribution in [0.2, 0.25) is 0 Å². The number of benzene rings is 1. The Kier molecular flexibility index (Phi) is 3.04. The molecule has 0 radical (unpaired) electrons. The first-order chi connectivity index (χ1) is 8.65. The normalized spacial score (nSPS) is 30.2. The third-order valence-electron chi connectivity index (χ3n) is 4.56. The fraction of sp³-hybridized carbons (Fsp3) is 0.467. The number of rotatable bonds is 2. The zero-order chi connectivity index (χ0) is 12.7. The molecule has 0 amide bonds. The highest BCUT2D eigenvalue weighted by atomic mass is 16.4. The minimum atomic E-state index is -1.36. The lowest BCUT2D eigenvalue weighted by Crippen LogP contribution is -2.30. The van der Waals surface area contributed by atoms with Crippen LogP contribution >= 0.6 is 0 Å². The lowest BCUT2D eigenvalue weighted by Gasteiger charge is -2.34. The number of hydrogen-bond acceptors (Lipinski definition) is 2. The maximum absolute atomic E-state index is 9.13. The lowest BCUT2D eigenvalue weighted by molar-refractivity contribution is 0.300. The second-order valence-corrected chi connectivity index (χ2v) is 5.81. The van der Waals surface area contributed by atoms with Crippen molar-refractivity contribution in [3.05, 3.63) is 41.5 Å². The van der Waals surface area contributed by atoms with Gasteiger partial charge in [0.1, 0.15) is 0 Å². The predicted octanol–water partition coefficient (Wildman–Crippen LogP) is 1.83. The van der Waals surface area contributed by atoms with Crippen LogP contribution < -0.4 is 5.46 Å². The molecule has 0 aliphatic heterocycles. The molecule has 3 unspecified atom stereocenters. The molecule has 3 rings (SSSR count). The number of hydrogen-bond donors (Lipinski definition) is 2. The van der Waals surface area contributed by atoms with Crippen LogP contribution in [-0.4, -0.2) is 17.2 Å². The van der Waals surface area contributed by atoms with Crippen molar-refractivity contribution >= 4 is 12.6 Å². The highest BCUT2D eigenvalue weighted by Crippen LogP contribution is 2.49. The van der Waals surface area contributed by atoms with E-state index in [1.165, 1.54) is 24.8 Å². The first kappa shape index (κ1) is 12.0. The van der Waals surface area contributed by atoms with Crippen LogP contribution in [-0.2, 0) is 0 Å². The number of fused-ring (bicyclic) bond motifs is 2. The van der Waals surface area contributed by atoms with E-state index in [2.05, 4.69) is 25.1 Å². The minimum Gasteiger partial charge on any atom is -0.423 e. The van der Waals surface area contributed by atoms with Gasteiger partial charge in [-0.15, -0.1) is 0 Å². The molecule has 2 nitrogen and oxygen atoms in total. The van der Waals surface area contributed by atoms with E-state index in [9.17, 15) is 0 Å². The summed E-state index contributed by atoms with van der Waals surface area (Å²) >= 11 is 0. The van der Waals surface area contributed by atoms with Crippen molar-refractivity contribution in [2.75, 3.05) is 0 Å². The molecule has 0 saturated heterocycles. The molecule has 18 heavy (non-hydrogen) atoms. The summed E-state index contributed by atoms with van der Waals surface area (Å²) in [7, 11) is -1.36. The molecular weight excluding hydrogens is 223 g/mol. The second kappa shape index (κ2) is 4.56. The van der Waals surface area contributed by atoms with Gasteiger partial charge in [-0.1, -0.05) is 42.8 Å². The zero-order valence-corrected chi connectivity index (χ0v) is 10.7. The van der Waals surface area contributed by atoms with Crippen molar-refractivity contribution in [2.45, 2.75) is 32.1 Å². The maximum Gasteiger partial charge on any atom is 0.488 e. The molecule has 1 aromatic rings. The summed E-state index contributed by atoms with van der Waals surface area (Å²) in [6.45, 7) is 2.34. The van der Waals surface area contributed by atoms with E-state index in [1.54, 1.807) is 5.57 Å². The van der Waals surface area contributed by atoms with E-state index in [0.717, 1.165) is 5.92 Å². The van der Waals surface area contributed by atoms with Crippen LogP contribution in [0.25, 0.3) is 0 Å². The van der Waals surface area contributed by atoms with Gasteiger partial charge in [0.15, 0.2) is 0 Å². The third-order valence-corrected chi connectivity index (χ3v) is 4.56. The van der Waals surface area contributed by atoms with Gasteiger partial charge in [-0.05, 0) is 48.0 Å². The quantitative estimate of drug-likeness (QED) is 0.613. The summed E-state index contributed by atoms with van der Waals surface area (Å²) < 4.78 is 0. The van der Waals surface area contributed by atoms with Crippen molar-refractivity contribution in [1.29, 1.82) is 0 Å². The average Bonchev–Trinajstić information content (AvgIpc) is 2.72. The van der Waals surface area contributed by atoms with E-state index in [-0.39, 0.29) is 0 Å². The predicted molar refractivity (Wildman–Crippen MR) is 73.6 cm³/mol. The van der Waals surface area contributed by atoms with Crippen LogP contribution in [0.4, 0.5) is 0 Å². The Labute approximate surface area is 108 Å². The van der Waals surface area contributed by atoms with E-state index in [0.29, 0.717) is 17.3 Å². The fourth-order valence-corrected chi connectivity index (χ4v) is 3.76. The van der Waals surface area contributed by atoms with E-state index >= 15 is 0 Å². The third kappa shape index (κ3) is 2.02. The summed E-state index contributed by atoms with van der Waals surface area (Å²) in [6.07, 6.45) is 6.13. The van der Waals surface area contributed by atoms with Crippen LogP contribution in [0.1, 0.15) is 37.7 Å². The molecule has 3 heteroatoms. The monoisotopic (exact) mass is 242 g/mol. The van der Waals surface area contributed by atoms with Gasteiger partial charge in [0.2, 0.25) is 0 Å². The molecule has 2 N–H and O–H groups in total. The molecule has 2 bridgehead atoms. The van der Waals surface area contributed by atoms with E-state index in [1.807, 2.05) is 12.1 Å². The summed E-state index contributed by atoms with van der Waals surface area (Å²) in [5.41, 5.74) is 3.57. The Morgan fingerprint density at radius 3 is 2.50 bits per heavy atom. The first-order valence-corrected chi connectivity index (χ1v) is 6.79. The van der Waals surface area contributed by atoms with Crippen molar-refractivity contribution in [2.24, 2.45) is 11.8 Å². The first-order valence-electron chi connectivity index (χ1n) is 6.79. The summed E-state index contributed by atoms with van der Waals surface area (Å²) in [4.78, 5) is 0. The Morgan fingerprint density at radius 1 is 1.11 bits per heavy atom. The largest absolute Gasteiger partial charge is 0.488 e. The van der Waals surface area contributed by atoms with Gasteiger partial charge in [0.05, 0.1) is 0 Å². The zero-order valence-electron chi connectivity index (χ0n) is 10.7. The van der Waals surface area contributed by atoms with Crippen molar-refractivity contribution in [1.82, 2.24) is 0 Å². The molecule has 0 heterocycles. The molecule has 2 aliphatic rings. The Bertz CT molecular complexity index is 464. The molecule has 0 aromatic heterocycles. The molecule has 1 fully saturated rings. The Hall–Kier alpha value is -1.06. The van der Waals surface area contributed by atoms with Gasteiger partial charge in [-0.25, -0.2) is 0 Å². The van der Waals surface area contributed by atoms with Gasteiger partial charge in [0.25, 0.3) is 0 Å². The maximum atomic E-state index is 9.13. The van der Waals surface area contributed by atoms with E-state index < -0.39 is 7.12 Å². The van der Waals surface area contributed by atoms with Crippen molar-refractivity contribution in [3.8, 4) is 0 Å². The molecule has 3 atom stereocenters. The molecular formula is C15H19BO2. The van der Waals surface area contributed by atoms with Gasteiger partial charge < -0.3 is 10.0 Å². The minimum absolute atomic E-state index is 0.576. The fourth-order valence-electron chi connectivity index (χ4n) is 3.76. The Balaban J connectivity index is 1.85. The van der Waals surface area contributed by atoms with Gasteiger partial charge in [-0.3, -0.25) is 0 Å². The van der Waals surface area contributed by atoms with Crippen LogP contribution in [0.15, 0.2) is 35.9 Å². The van der Waals surface area contributed by atoms with E-state index in [4.69, 9.17) is 10.0 Å².